The van der Waals surface area contributed by atoms with Crippen LogP contribution >= 0.6 is 0 Å². The van der Waals surface area contributed by atoms with Gasteiger partial charge in [0.05, 0.1) is 12.0 Å². The third-order valence-electron chi connectivity index (χ3n) is 5.23. The van der Waals surface area contributed by atoms with Gasteiger partial charge in [-0.05, 0) is 62.1 Å². The highest BCUT2D eigenvalue weighted by Crippen LogP contribution is 2.31. The Labute approximate surface area is 163 Å². The SMILES string of the molecule is CCCCCCc1ccc(OC(=O)C2CCC(C=CC=CC#N)CC2)cc1. The highest BCUT2D eigenvalue weighted by molar-refractivity contribution is 5.75. The summed E-state index contributed by atoms with van der Waals surface area (Å²) in [6, 6.07) is 9.96. The fourth-order valence-corrected chi connectivity index (χ4v) is 3.55. The first-order valence-electron chi connectivity index (χ1n) is 10.3. The van der Waals surface area contributed by atoms with Crippen molar-refractivity contribution < 1.29 is 9.53 Å². The van der Waals surface area contributed by atoms with E-state index in [9.17, 15) is 4.79 Å². The Balaban J connectivity index is 1.73. The van der Waals surface area contributed by atoms with Gasteiger partial charge in [-0.3, -0.25) is 4.79 Å². The van der Waals surface area contributed by atoms with Crippen molar-refractivity contribution in [3.05, 3.63) is 54.1 Å². The van der Waals surface area contributed by atoms with E-state index in [0.717, 1.165) is 32.1 Å². The predicted octanol–water partition coefficient (Wildman–Crippen LogP) is 6.16. The molecular weight excluding hydrogens is 334 g/mol. The predicted molar refractivity (Wildman–Crippen MR) is 109 cm³/mol. The topological polar surface area (TPSA) is 50.1 Å². The Kier molecular flexibility index (Phi) is 9.41. The van der Waals surface area contributed by atoms with E-state index >= 15 is 0 Å². The van der Waals surface area contributed by atoms with Gasteiger partial charge in [0.15, 0.2) is 0 Å². The zero-order valence-electron chi connectivity index (χ0n) is 16.4. The van der Waals surface area contributed by atoms with Crippen molar-refractivity contribution in [3.8, 4) is 11.8 Å². The Morgan fingerprint density at radius 3 is 2.52 bits per heavy atom. The maximum Gasteiger partial charge on any atom is 0.314 e. The van der Waals surface area contributed by atoms with Crippen molar-refractivity contribution >= 4 is 5.97 Å². The summed E-state index contributed by atoms with van der Waals surface area (Å²) in [4.78, 5) is 12.4. The summed E-state index contributed by atoms with van der Waals surface area (Å²) in [7, 11) is 0. The van der Waals surface area contributed by atoms with Crippen LogP contribution in [-0.4, -0.2) is 5.97 Å². The number of carbonyl (C=O) groups is 1. The molecule has 0 aliphatic heterocycles. The average Bonchev–Trinajstić information content (AvgIpc) is 2.70. The van der Waals surface area contributed by atoms with Gasteiger partial charge < -0.3 is 4.74 Å². The molecule has 3 nitrogen and oxygen atoms in total. The third-order valence-corrected chi connectivity index (χ3v) is 5.23. The summed E-state index contributed by atoms with van der Waals surface area (Å²) in [6.07, 6.45) is 17.1. The molecule has 0 heterocycles. The zero-order valence-corrected chi connectivity index (χ0v) is 16.4. The number of hydrogen-bond donors (Lipinski definition) is 0. The molecule has 0 aromatic heterocycles. The summed E-state index contributed by atoms with van der Waals surface area (Å²) >= 11 is 0. The largest absolute Gasteiger partial charge is 0.426 e. The second-order valence-electron chi connectivity index (χ2n) is 7.36. The van der Waals surface area contributed by atoms with Gasteiger partial charge in [-0.1, -0.05) is 56.5 Å². The van der Waals surface area contributed by atoms with E-state index in [2.05, 4.69) is 25.1 Å². The van der Waals surface area contributed by atoms with Crippen LogP contribution in [0.1, 0.15) is 63.9 Å². The summed E-state index contributed by atoms with van der Waals surface area (Å²) in [5.74, 6) is 1.04. The van der Waals surface area contributed by atoms with Crippen molar-refractivity contribution in [2.24, 2.45) is 11.8 Å². The number of carbonyl (C=O) groups excluding carboxylic acids is 1. The van der Waals surface area contributed by atoms with Crippen molar-refractivity contribution in [3.63, 3.8) is 0 Å². The minimum absolute atomic E-state index is 0.00183. The second-order valence-corrected chi connectivity index (χ2v) is 7.36. The number of nitriles is 1. The number of nitrogens with zero attached hydrogens (tertiary/aromatic N) is 1. The first kappa shape index (κ1) is 21.0. The molecule has 0 bridgehead atoms. The summed E-state index contributed by atoms with van der Waals surface area (Å²) < 4.78 is 5.60. The molecule has 3 heteroatoms. The van der Waals surface area contributed by atoms with E-state index in [0.29, 0.717) is 11.7 Å². The maximum atomic E-state index is 12.4. The Morgan fingerprint density at radius 2 is 1.85 bits per heavy atom. The van der Waals surface area contributed by atoms with Crippen molar-refractivity contribution in [1.82, 2.24) is 0 Å². The van der Waals surface area contributed by atoms with Gasteiger partial charge in [-0.25, -0.2) is 0 Å². The van der Waals surface area contributed by atoms with Gasteiger partial charge in [-0.2, -0.15) is 5.26 Å². The molecule has 27 heavy (non-hydrogen) atoms. The fourth-order valence-electron chi connectivity index (χ4n) is 3.55. The molecule has 0 unspecified atom stereocenters. The zero-order chi connectivity index (χ0) is 19.3. The number of allylic oxidation sites excluding steroid dienone is 4. The number of ether oxygens (including phenoxy) is 1. The van der Waals surface area contributed by atoms with Crippen LogP contribution in [0.25, 0.3) is 0 Å². The van der Waals surface area contributed by atoms with Crippen LogP contribution in [0.4, 0.5) is 0 Å². The number of aryl methyl sites for hydroxylation is 1. The fraction of sp³-hybridized carbons (Fsp3) is 0.500. The number of benzene rings is 1. The molecule has 1 aromatic carbocycles. The number of esters is 1. The van der Waals surface area contributed by atoms with Crippen LogP contribution in [-0.2, 0) is 11.2 Å². The standard InChI is InChI=1S/C24H31NO2/c1-2-3-4-6-9-21-13-17-23(18-14-21)27-24(26)22-15-11-20(12-16-22)10-7-5-8-19-25/h5,7-8,10,13-14,17-18,20,22H,2-4,6,9,11-12,15-16H2,1H3. The highest BCUT2D eigenvalue weighted by Gasteiger charge is 2.26. The lowest BCUT2D eigenvalue weighted by Crippen LogP contribution is -2.25. The lowest BCUT2D eigenvalue weighted by molar-refractivity contribution is -0.140. The van der Waals surface area contributed by atoms with Crippen LogP contribution in [0.3, 0.4) is 0 Å². The summed E-state index contributed by atoms with van der Waals surface area (Å²) in [5.41, 5.74) is 1.31. The molecule has 0 N–H and O–H groups in total. The molecule has 0 spiro atoms. The quantitative estimate of drug-likeness (QED) is 0.173. The minimum Gasteiger partial charge on any atom is -0.426 e. The lowest BCUT2D eigenvalue weighted by atomic mass is 9.82. The van der Waals surface area contributed by atoms with Gasteiger partial charge in [0, 0.05) is 6.08 Å². The first-order valence-corrected chi connectivity index (χ1v) is 10.3. The monoisotopic (exact) mass is 365 g/mol. The molecule has 0 amide bonds. The van der Waals surface area contributed by atoms with E-state index in [1.54, 1.807) is 6.08 Å². The highest BCUT2D eigenvalue weighted by atomic mass is 16.5. The normalized spacial score (nSPS) is 20.0. The number of hydrogen-bond acceptors (Lipinski definition) is 3. The molecule has 1 saturated carbocycles. The van der Waals surface area contributed by atoms with E-state index in [4.69, 9.17) is 10.00 Å². The minimum atomic E-state index is -0.0995. The van der Waals surface area contributed by atoms with Crippen molar-refractivity contribution in [1.29, 1.82) is 5.26 Å². The maximum absolute atomic E-state index is 12.4. The van der Waals surface area contributed by atoms with Crippen molar-refractivity contribution in [2.45, 2.75) is 64.7 Å². The molecule has 0 radical (unpaired) electrons. The number of unbranched alkanes of at least 4 members (excludes halogenated alkanes) is 3. The van der Waals surface area contributed by atoms with Crippen LogP contribution in [0, 0.1) is 23.2 Å². The van der Waals surface area contributed by atoms with E-state index in [1.807, 2.05) is 24.3 Å². The smallest absolute Gasteiger partial charge is 0.314 e. The number of rotatable bonds is 9. The van der Waals surface area contributed by atoms with Crippen LogP contribution in [0.5, 0.6) is 5.75 Å². The molecule has 1 aliphatic carbocycles. The Bertz CT molecular complexity index is 659. The van der Waals surface area contributed by atoms with Crippen LogP contribution in [0.15, 0.2) is 48.6 Å². The Hall–Kier alpha value is -2.34. The second kappa shape index (κ2) is 12.1. The molecule has 1 fully saturated rings. The van der Waals surface area contributed by atoms with Gasteiger partial charge in [0.1, 0.15) is 5.75 Å². The molecule has 1 aromatic rings. The van der Waals surface area contributed by atoms with E-state index in [-0.39, 0.29) is 11.9 Å². The molecular formula is C24H31NO2. The average molecular weight is 366 g/mol. The third kappa shape index (κ3) is 7.83. The first-order chi connectivity index (χ1) is 13.2. The Morgan fingerprint density at radius 1 is 1.11 bits per heavy atom. The van der Waals surface area contributed by atoms with E-state index < -0.39 is 0 Å². The molecule has 0 atom stereocenters. The van der Waals surface area contributed by atoms with Gasteiger partial charge in [0.2, 0.25) is 0 Å². The molecule has 2 rings (SSSR count). The van der Waals surface area contributed by atoms with Crippen LogP contribution in [0.2, 0.25) is 0 Å². The summed E-state index contributed by atoms with van der Waals surface area (Å²) in [5, 5.41) is 8.47. The summed E-state index contributed by atoms with van der Waals surface area (Å²) in [6.45, 7) is 2.22. The molecule has 0 saturated heterocycles. The lowest BCUT2D eigenvalue weighted by Gasteiger charge is -2.25. The molecule has 1 aliphatic rings. The van der Waals surface area contributed by atoms with Gasteiger partial charge >= 0.3 is 5.97 Å². The van der Waals surface area contributed by atoms with Crippen LogP contribution < -0.4 is 4.74 Å². The van der Waals surface area contributed by atoms with Gasteiger partial charge in [-0.15, -0.1) is 0 Å². The van der Waals surface area contributed by atoms with Crippen molar-refractivity contribution in [2.75, 3.05) is 0 Å². The van der Waals surface area contributed by atoms with Gasteiger partial charge in [0.25, 0.3) is 0 Å². The van der Waals surface area contributed by atoms with E-state index in [1.165, 1.54) is 37.3 Å². The molecule has 144 valence electrons.